The summed E-state index contributed by atoms with van der Waals surface area (Å²) >= 11 is 0. The van der Waals surface area contributed by atoms with E-state index >= 15 is 0 Å². The van der Waals surface area contributed by atoms with Gasteiger partial charge in [-0.25, -0.2) is 0 Å². The van der Waals surface area contributed by atoms with Crippen molar-refractivity contribution < 1.29 is 23.5 Å². The van der Waals surface area contributed by atoms with E-state index in [0.29, 0.717) is 6.61 Å². The molecule has 0 aliphatic rings. The van der Waals surface area contributed by atoms with Crippen LogP contribution < -0.4 is 5.32 Å². The molecule has 0 aliphatic heterocycles. The Morgan fingerprint density at radius 2 is 1.59 bits per heavy atom. The van der Waals surface area contributed by atoms with Crippen molar-refractivity contribution in [2.75, 3.05) is 40.1 Å². The van der Waals surface area contributed by atoms with E-state index in [1.165, 1.54) is 0 Å². The molecule has 0 aromatic heterocycles. The van der Waals surface area contributed by atoms with Crippen LogP contribution in [0.2, 0.25) is 0 Å². The number of aliphatic hydroxyl groups excluding tert-OH is 2. The fraction of sp³-hybridized carbons (Fsp3) is 1.00. The third kappa shape index (κ3) is 5.43. The molecule has 6 nitrogen and oxygen atoms in total. The minimum absolute atomic E-state index is 0.0412. The van der Waals surface area contributed by atoms with E-state index in [1.54, 1.807) is 0 Å². The monoisotopic (exact) mass is 267 g/mol. The minimum atomic E-state index is -2.90. The second-order valence-corrected chi connectivity index (χ2v) is 6.20. The first kappa shape index (κ1) is 17.0. The van der Waals surface area contributed by atoms with E-state index in [-0.39, 0.29) is 32.1 Å². The first-order chi connectivity index (χ1) is 8.20. The number of aliphatic hydroxyl groups is 2. The molecule has 0 radical (unpaired) electrons. The van der Waals surface area contributed by atoms with Crippen molar-refractivity contribution >= 4 is 8.80 Å². The summed E-state index contributed by atoms with van der Waals surface area (Å²) in [6.07, 6.45) is 0.791. The van der Waals surface area contributed by atoms with Crippen molar-refractivity contribution in [1.82, 2.24) is 5.32 Å². The van der Waals surface area contributed by atoms with Gasteiger partial charge in [-0.05, 0) is 20.4 Å². The Bertz CT molecular complexity index is 172. The third-order valence-electron chi connectivity index (χ3n) is 2.32. The Labute approximate surface area is 104 Å². The van der Waals surface area contributed by atoms with Gasteiger partial charge in [0.2, 0.25) is 0 Å². The second kappa shape index (κ2) is 9.95. The number of hydrogen-bond donors (Lipinski definition) is 3. The van der Waals surface area contributed by atoms with Crippen LogP contribution in [0.1, 0.15) is 20.3 Å². The average molecular weight is 267 g/mol. The quantitative estimate of drug-likeness (QED) is 0.439. The zero-order valence-electron chi connectivity index (χ0n) is 10.9. The van der Waals surface area contributed by atoms with Gasteiger partial charge < -0.3 is 28.8 Å². The number of rotatable bonds is 11. The van der Waals surface area contributed by atoms with Crippen LogP contribution in [-0.2, 0) is 13.3 Å². The molecule has 0 bridgehead atoms. The second-order valence-electron chi connectivity index (χ2n) is 3.43. The zero-order valence-corrected chi connectivity index (χ0v) is 11.9. The molecule has 104 valence electrons. The van der Waals surface area contributed by atoms with Gasteiger partial charge >= 0.3 is 8.80 Å². The standard InChI is InChI=1S/C10H25NO5Si/c1-4-10(11-3)17(14-5-2,15-8-6-12)16-9-7-13/h10-13H,4-9H2,1-3H3. The lowest BCUT2D eigenvalue weighted by molar-refractivity contribution is 0.0292. The molecular formula is C10H25NO5Si. The summed E-state index contributed by atoms with van der Waals surface area (Å²) in [6, 6.07) is 0. The highest BCUT2D eigenvalue weighted by Gasteiger charge is 2.48. The summed E-state index contributed by atoms with van der Waals surface area (Å²) < 4.78 is 17.0. The third-order valence-corrected chi connectivity index (χ3v) is 5.77. The van der Waals surface area contributed by atoms with Crippen molar-refractivity contribution in [2.24, 2.45) is 0 Å². The summed E-state index contributed by atoms with van der Waals surface area (Å²) in [6.45, 7) is 4.54. The maximum atomic E-state index is 8.87. The van der Waals surface area contributed by atoms with Gasteiger partial charge in [-0.2, -0.15) is 0 Å². The molecule has 0 fully saturated rings. The van der Waals surface area contributed by atoms with Crippen LogP contribution in [0.4, 0.5) is 0 Å². The predicted octanol–water partition coefficient (Wildman–Crippen LogP) is -0.483. The lowest BCUT2D eigenvalue weighted by Crippen LogP contribution is -2.61. The van der Waals surface area contributed by atoms with Crippen LogP contribution in [0.5, 0.6) is 0 Å². The van der Waals surface area contributed by atoms with E-state index < -0.39 is 8.80 Å². The van der Waals surface area contributed by atoms with Crippen LogP contribution >= 0.6 is 0 Å². The van der Waals surface area contributed by atoms with Crippen molar-refractivity contribution in [3.63, 3.8) is 0 Å². The Morgan fingerprint density at radius 1 is 1.06 bits per heavy atom. The smallest absolute Gasteiger partial charge is 0.394 e. The molecule has 0 amide bonds. The average Bonchev–Trinajstić information content (AvgIpc) is 2.35. The Balaban J connectivity index is 4.77. The Kier molecular flexibility index (Phi) is 9.94. The van der Waals surface area contributed by atoms with Crippen molar-refractivity contribution in [1.29, 1.82) is 0 Å². The molecule has 0 aromatic carbocycles. The maximum absolute atomic E-state index is 8.87. The number of nitrogens with one attached hydrogen (secondary N) is 1. The number of hydrogen-bond acceptors (Lipinski definition) is 6. The normalized spacial score (nSPS) is 13.9. The van der Waals surface area contributed by atoms with Gasteiger partial charge in [0, 0.05) is 6.61 Å². The van der Waals surface area contributed by atoms with Crippen LogP contribution in [0, 0.1) is 0 Å². The summed E-state index contributed by atoms with van der Waals surface area (Å²) in [5.74, 6) is 0. The van der Waals surface area contributed by atoms with Gasteiger partial charge in [0.1, 0.15) is 0 Å². The van der Waals surface area contributed by atoms with Gasteiger partial charge in [0.05, 0.1) is 32.1 Å². The van der Waals surface area contributed by atoms with Gasteiger partial charge in [-0.15, -0.1) is 0 Å². The van der Waals surface area contributed by atoms with E-state index in [0.717, 1.165) is 6.42 Å². The highest BCUT2D eigenvalue weighted by Crippen LogP contribution is 2.17. The van der Waals surface area contributed by atoms with Crippen molar-refractivity contribution in [3.8, 4) is 0 Å². The van der Waals surface area contributed by atoms with Crippen LogP contribution in [0.15, 0.2) is 0 Å². The van der Waals surface area contributed by atoms with Crippen LogP contribution in [0.25, 0.3) is 0 Å². The molecule has 3 N–H and O–H groups in total. The molecule has 0 aliphatic carbocycles. The summed E-state index contributed by atoms with van der Waals surface area (Å²) in [4.78, 5) is 0. The van der Waals surface area contributed by atoms with Crippen LogP contribution in [0.3, 0.4) is 0 Å². The molecule has 0 saturated carbocycles. The minimum Gasteiger partial charge on any atom is -0.394 e. The summed E-state index contributed by atoms with van der Waals surface area (Å²) in [7, 11) is -1.08. The first-order valence-electron chi connectivity index (χ1n) is 6.01. The molecule has 7 heteroatoms. The van der Waals surface area contributed by atoms with Gasteiger partial charge in [0.15, 0.2) is 0 Å². The Morgan fingerprint density at radius 3 is 1.88 bits per heavy atom. The topological polar surface area (TPSA) is 80.2 Å². The van der Waals surface area contributed by atoms with E-state index in [4.69, 9.17) is 23.5 Å². The lowest BCUT2D eigenvalue weighted by Gasteiger charge is -2.34. The molecule has 0 rings (SSSR count). The van der Waals surface area contributed by atoms with Crippen LogP contribution in [-0.4, -0.2) is 64.8 Å². The molecular weight excluding hydrogens is 242 g/mol. The molecule has 17 heavy (non-hydrogen) atoms. The summed E-state index contributed by atoms with van der Waals surface area (Å²) in [5.41, 5.74) is -0.0412. The molecule has 0 spiro atoms. The lowest BCUT2D eigenvalue weighted by atomic mass is 10.5. The van der Waals surface area contributed by atoms with E-state index in [9.17, 15) is 0 Å². The highest BCUT2D eigenvalue weighted by molar-refractivity contribution is 6.62. The SMILES string of the molecule is CCO[Si](OCCO)(OCCO)C(CC)NC. The van der Waals surface area contributed by atoms with Crippen molar-refractivity contribution in [3.05, 3.63) is 0 Å². The molecule has 0 saturated heterocycles. The fourth-order valence-electron chi connectivity index (χ4n) is 1.63. The first-order valence-corrected chi connectivity index (χ1v) is 7.81. The molecule has 1 unspecified atom stereocenters. The van der Waals surface area contributed by atoms with Gasteiger partial charge in [0.25, 0.3) is 0 Å². The predicted molar refractivity (Wildman–Crippen MR) is 66.6 cm³/mol. The Hall–Kier alpha value is -0.0231. The van der Waals surface area contributed by atoms with Crippen molar-refractivity contribution in [2.45, 2.75) is 25.9 Å². The summed E-state index contributed by atoms with van der Waals surface area (Å²) in [5, 5.41) is 20.9. The zero-order chi connectivity index (χ0) is 13.1. The van der Waals surface area contributed by atoms with Gasteiger partial charge in [-0.3, -0.25) is 0 Å². The molecule has 1 atom stereocenters. The van der Waals surface area contributed by atoms with E-state index in [1.807, 2.05) is 20.9 Å². The fourth-order valence-corrected chi connectivity index (χ4v) is 4.50. The maximum Gasteiger partial charge on any atom is 0.518 e. The largest absolute Gasteiger partial charge is 0.518 e. The van der Waals surface area contributed by atoms with E-state index in [2.05, 4.69) is 5.32 Å². The molecule has 0 heterocycles. The van der Waals surface area contributed by atoms with Gasteiger partial charge in [-0.1, -0.05) is 6.92 Å². The molecule has 0 aromatic rings. The highest BCUT2D eigenvalue weighted by atomic mass is 28.4.